The van der Waals surface area contributed by atoms with Gasteiger partial charge in [0.1, 0.15) is 5.75 Å². The van der Waals surface area contributed by atoms with Crippen LogP contribution in [-0.4, -0.2) is 21.6 Å². The van der Waals surface area contributed by atoms with Crippen molar-refractivity contribution < 1.29 is 4.74 Å². The summed E-state index contributed by atoms with van der Waals surface area (Å²) in [5.41, 5.74) is 3.06. The number of H-pyrrole nitrogens is 3. The molecule has 0 radical (unpaired) electrons. The number of rotatable bonds is 13. The first-order valence-electron chi connectivity index (χ1n) is 11.3. The molecule has 0 atom stereocenters. The summed E-state index contributed by atoms with van der Waals surface area (Å²) in [4.78, 5) is 10.2. The highest BCUT2D eigenvalue weighted by Gasteiger charge is 2.09. The van der Waals surface area contributed by atoms with Gasteiger partial charge in [0.25, 0.3) is 0 Å². The Bertz CT molecular complexity index is 992. The Balaban J connectivity index is 1.57. The molecule has 0 saturated heterocycles. The molecule has 3 aromatic heterocycles. The van der Waals surface area contributed by atoms with E-state index < -0.39 is 0 Å². The van der Waals surface area contributed by atoms with Gasteiger partial charge in [-0.05, 0) is 62.9 Å². The van der Waals surface area contributed by atoms with E-state index in [1.54, 1.807) is 0 Å². The lowest BCUT2D eigenvalue weighted by atomic mass is 10.1. The molecule has 3 rings (SSSR count). The summed E-state index contributed by atoms with van der Waals surface area (Å²) in [5.74, 6) is 0.871. The average Bonchev–Trinajstić information content (AvgIpc) is 3.49. The molecule has 3 aromatic rings. The van der Waals surface area contributed by atoms with Crippen molar-refractivity contribution in [2.45, 2.75) is 58.3 Å². The summed E-state index contributed by atoms with van der Waals surface area (Å²) in [5, 5.41) is 2.26. The zero-order valence-corrected chi connectivity index (χ0v) is 18.2. The number of aromatic nitrogens is 3. The van der Waals surface area contributed by atoms with Gasteiger partial charge in [-0.1, -0.05) is 37.8 Å². The molecule has 30 heavy (non-hydrogen) atoms. The third-order valence-electron chi connectivity index (χ3n) is 5.26. The summed E-state index contributed by atoms with van der Waals surface area (Å²) < 4.78 is 5.83. The van der Waals surface area contributed by atoms with Crippen LogP contribution in [0.3, 0.4) is 0 Å². The van der Waals surface area contributed by atoms with Gasteiger partial charge >= 0.3 is 0 Å². The topological polar surface area (TPSA) is 56.6 Å². The van der Waals surface area contributed by atoms with Gasteiger partial charge in [-0.15, -0.1) is 6.58 Å². The van der Waals surface area contributed by atoms with E-state index in [1.807, 2.05) is 31.3 Å². The van der Waals surface area contributed by atoms with Gasteiger partial charge in [0.2, 0.25) is 0 Å². The molecule has 0 aromatic carbocycles. The molecule has 3 heterocycles. The smallest absolute Gasteiger partial charge is 0.144 e. The van der Waals surface area contributed by atoms with Crippen molar-refractivity contribution in [1.82, 2.24) is 15.0 Å². The molecule has 0 saturated carbocycles. The zero-order chi connectivity index (χ0) is 21.0. The molecular formula is C26H35N3O. The predicted octanol–water partition coefficient (Wildman–Crippen LogP) is 5.65. The predicted molar refractivity (Wildman–Crippen MR) is 127 cm³/mol. The van der Waals surface area contributed by atoms with Crippen molar-refractivity contribution in [2.75, 3.05) is 6.61 Å². The summed E-state index contributed by atoms with van der Waals surface area (Å²) in [6.07, 6.45) is 18.5. The maximum Gasteiger partial charge on any atom is 0.144 e. The lowest BCUT2D eigenvalue weighted by Gasteiger charge is -1.99. The fraction of sp³-hybridized carbons (Fsp3) is 0.385. The second-order valence-electron chi connectivity index (χ2n) is 7.68. The Morgan fingerprint density at radius 1 is 0.900 bits per heavy atom. The van der Waals surface area contributed by atoms with E-state index in [9.17, 15) is 0 Å². The lowest BCUT2D eigenvalue weighted by molar-refractivity contribution is 0.340. The molecule has 0 fully saturated rings. The minimum Gasteiger partial charge on any atom is -0.492 e. The van der Waals surface area contributed by atoms with Gasteiger partial charge in [-0.2, -0.15) is 0 Å². The van der Waals surface area contributed by atoms with E-state index >= 15 is 0 Å². The van der Waals surface area contributed by atoms with E-state index in [-0.39, 0.29) is 0 Å². The first-order chi connectivity index (χ1) is 14.8. The number of aromatic amines is 3. The third kappa shape index (κ3) is 6.58. The summed E-state index contributed by atoms with van der Waals surface area (Å²) >= 11 is 0. The number of hydrogen-bond acceptors (Lipinski definition) is 1. The molecule has 4 heteroatoms. The largest absolute Gasteiger partial charge is 0.492 e. The van der Waals surface area contributed by atoms with E-state index in [2.05, 4.69) is 51.9 Å². The average molecular weight is 406 g/mol. The highest BCUT2D eigenvalue weighted by molar-refractivity contribution is 5.65. The van der Waals surface area contributed by atoms with Crippen molar-refractivity contribution in [3.05, 3.63) is 65.6 Å². The number of ether oxygens (including phenoxy) is 1. The van der Waals surface area contributed by atoms with Crippen LogP contribution in [0.1, 0.15) is 64.0 Å². The molecule has 0 aliphatic heterocycles. The van der Waals surface area contributed by atoms with E-state index in [0.29, 0.717) is 6.61 Å². The van der Waals surface area contributed by atoms with Gasteiger partial charge < -0.3 is 19.7 Å². The van der Waals surface area contributed by atoms with Crippen LogP contribution in [0, 0.1) is 0 Å². The molecule has 0 bridgehead atoms. The van der Waals surface area contributed by atoms with Crippen LogP contribution >= 0.6 is 0 Å². The van der Waals surface area contributed by atoms with Gasteiger partial charge in [0, 0.05) is 23.0 Å². The van der Waals surface area contributed by atoms with E-state index in [4.69, 9.17) is 4.74 Å². The maximum atomic E-state index is 5.83. The van der Waals surface area contributed by atoms with Crippen LogP contribution < -0.4 is 15.4 Å². The molecule has 0 aliphatic rings. The van der Waals surface area contributed by atoms with Crippen LogP contribution in [-0.2, 0) is 0 Å². The van der Waals surface area contributed by atoms with Gasteiger partial charge in [0.05, 0.1) is 23.7 Å². The minimum atomic E-state index is 0.640. The van der Waals surface area contributed by atoms with Gasteiger partial charge in [0.15, 0.2) is 0 Å². The second kappa shape index (κ2) is 12.0. The number of hydrogen-bond donors (Lipinski definition) is 3. The van der Waals surface area contributed by atoms with Crippen molar-refractivity contribution in [3.63, 3.8) is 0 Å². The Hall–Kier alpha value is -2.88. The molecule has 0 spiro atoms. The van der Waals surface area contributed by atoms with Gasteiger partial charge in [-0.3, -0.25) is 0 Å². The summed E-state index contributed by atoms with van der Waals surface area (Å²) in [6, 6.07) is 10.4. The first-order valence-corrected chi connectivity index (χ1v) is 11.3. The fourth-order valence-electron chi connectivity index (χ4n) is 3.66. The van der Waals surface area contributed by atoms with Crippen molar-refractivity contribution in [3.8, 4) is 17.1 Å². The highest BCUT2D eigenvalue weighted by Crippen LogP contribution is 2.26. The third-order valence-corrected chi connectivity index (χ3v) is 5.26. The number of unbranched alkanes of at least 4 members (excludes halogenated alkanes) is 7. The normalized spacial score (nSPS) is 12.6. The fourth-order valence-corrected chi connectivity index (χ4v) is 3.66. The molecular weight excluding hydrogens is 370 g/mol. The molecule has 0 amide bonds. The quantitative estimate of drug-likeness (QED) is 0.250. The Morgan fingerprint density at radius 3 is 2.40 bits per heavy atom. The molecule has 3 N–H and O–H groups in total. The summed E-state index contributed by atoms with van der Waals surface area (Å²) in [7, 11) is 0. The van der Waals surface area contributed by atoms with E-state index in [1.165, 1.54) is 43.9 Å². The summed E-state index contributed by atoms with van der Waals surface area (Å²) in [6.45, 7) is 6.43. The highest BCUT2D eigenvalue weighted by atomic mass is 16.5. The van der Waals surface area contributed by atoms with E-state index in [0.717, 1.165) is 41.0 Å². The zero-order valence-electron chi connectivity index (χ0n) is 18.2. The molecule has 0 aliphatic carbocycles. The van der Waals surface area contributed by atoms with Crippen LogP contribution in [0.4, 0.5) is 0 Å². The molecule has 160 valence electrons. The van der Waals surface area contributed by atoms with Crippen molar-refractivity contribution in [2.24, 2.45) is 0 Å². The maximum absolute atomic E-state index is 5.83. The standard InChI is InChI=1S/C26H35N3O/c1-3-5-6-7-8-9-10-11-12-14-21-16-17-22(28-21)19-25-26(30-4-2)20-24(29-25)23-15-13-18-27-23/h3,13-20,27-29H,1,4-12H2,2H3. The van der Waals surface area contributed by atoms with Gasteiger partial charge in [-0.25, -0.2) is 0 Å². The minimum absolute atomic E-state index is 0.640. The van der Waals surface area contributed by atoms with Crippen molar-refractivity contribution in [1.29, 1.82) is 0 Å². The molecule has 4 nitrogen and oxygen atoms in total. The molecule has 0 unspecified atom stereocenters. The number of allylic oxidation sites excluding steroid dienone is 1. The lowest BCUT2D eigenvalue weighted by Crippen LogP contribution is -2.09. The second-order valence-corrected chi connectivity index (χ2v) is 7.68. The number of nitrogens with one attached hydrogen (secondary N) is 3. The Morgan fingerprint density at radius 2 is 1.67 bits per heavy atom. The SMILES string of the molecule is C=CCCCCCCCCC=c1ccc(=Cc2[nH]c(-c3ccc[nH]3)cc2OCC)[nH]1. The van der Waals surface area contributed by atoms with Crippen LogP contribution in [0.15, 0.2) is 49.2 Å². The van der Waals surface area contributed by atoms with Crippen LogP contribution in [0.2, 0.25) is 0 Å². The monoisotopic (exact) mass is 405 g/mol. The van der Waals surface area contributed by atoms with Crippen molar-refractivity contribution >= 4 is 12.2 Å². The first kappa shape index (κ1) is 21.8. The Kier molecular flexibility index (Phi) is 8.70. The van der Waals surface area contributed by atoms with Crippen LogP contribution in [0.25, 0.3) is 23.5 Å². The Labute approximate surface area is 179 Å². The van der Waals surface area contributed by atoms with Crippen LogP contribution in [0.5, 0.6) is 5.75 Å².